The predicted molar refractivity (Wildman–Crippen MR) is 123 cm³/mol. The molecule has 0 radical (unpaired) electrons. The Hall–Kier alpha value is -3.39. The van der Waals surface area contributed by atoms with Crippen LogP contribution in [0.1, 0.15) is 22.8 Å². The van der Waals surface area contributed by atoms with Gasteiger partial charge in [0.15, 0.2) is 0 Å². The van der Waals surface area contributed by atoms with Gasteiger partial charge in [-0.15, -0.1) is 0 Å². The summed E-state index contributed by atoms with van der Waals surface area (Å²) in [5, 5.41) is 14.3. The number of piperazine rings is 1. The van der Waals surface area contributed by atoms with Gasteiger partial charge in [-0.2, -0.15) is 0 Å². The van der Waals surface area contributed by atoms with Gasteiger partial charge < -0.3 is 25.5 Å². The summed E-state index contributed by atoms with van der Waals surface area (Å²) in [5.74, 6) is -2.05. The van der Waals surface area contributed by atoms with E-state index < -0.39 is 24.0 Å². The van der Waals surface area contributed by atoms with Crippen molar-refractivity contribution in [3.8, 4) is 0 Å². The molecule has 0 saturated carbocycles. The van der Waals surface area contributed by atoms with Crippen molar-refractivity contribution in [2.45, 2.75) is 25.4 Å². The molecule has 0 aromatic heterocycles. The summed E-state index contributed by atoms with van der Waals surface area (Å²) in [7, 11) is 2.10. The quantitative estimate of drug-likeness (QED) is 0.575. The predicted octanol–water partition coefficient (Wildman–Crippen LogP) is 1.37. The van der Waals surface area contributed by atoms with Crippen molar-refractivity contribution in [1.29, 1.82) is 0 Å². The molecule has 2 amide bonds. The van der Waals surface area contributed by atoms with Crippen molar-refractivity contribution in [3.63, 3.8) is 0 Å². The van der Waals surface area contributed by atoms with Crippen molar-refractivity contribution in [1.82, 2.24) is 15.5 Å². The molecule has 0 spiro atoms. The molecule has 170 valence electrons. The molecular formula is C24H30N4O4. The number of rotatable bonds is 8. The SMILES string of the molecule is CC(NC(=O)C(Cc1ccccc1)NC(=O)c1ccc(N2CCN(C)CC2)cc1)C(=O)O. The van der Waals surface area contributed by atoms with Crippen LogP contribution in [0.2, 0.25) is 0 Å². The van der Waals surface area contributed by atoms with Crippen molar-refractivity contribution in [2.75, 3.05) is 38.1 Å². The second kappa shape index (κ2) is 10.8. The Labute approximate surface area is 188 Å². The lowest BCUT2D eigenvalue weighted by Gasteiger charge is -2.34. The molecule has 2 atom stereocenters. The molecule has 3 N–H and O–H groups in total. The molecule has 8 nitrogen and oxygen atoms in total. The lowest BCUT2D eigenvalue weighted by atomic mass is 10.0. The average molecular weight is 439 g/mol. The first kappa shape index (κ1) is 23.3. The summed E-state index contributed by atoms with van der Waals surface area (Å²) in [4.78, 5) is 41.3. The number of hydrogen-bond donors (Lipinski definition) is 3. The van der Waals surface area contributed by atoms with Gasteiger partial charge in [-0.1, -0.05) is 30.3 Å². The number of nitrogens with zero attached hydrogens (tertiary/aromatic N) is 2. The number of carbonyl (C=O) groups excluding carboxylic acids is 2. The van der Waals surface area contributed by atoms with E-state index >= 15 is 0 Å². The number of anilines is 1. The maximum absolute atomic E-state index is 12.9. The van der Waals surface area contributed by atoms with Crippen molar-refractivity contribution in [2.24, 2.45) is 0 Å². The largest absolute Gasteiger partial charge is 0.480 e. The summed E-state index contributed by atoms with van der Waals surface area (Å²) in [6.45, 7) is 5.24. The summed E-state index contributed by atoms with van der Waals surface area (Å²) < 4.78 is 0. The highest BCUT2D eigenvalue weighted by Crippen LogP contribution is 2.17. The van der Waals surface area contributed by atoms with Crippen LogP contribution in [0.25, 0.3) is 0 Å². The van der Waals surface area contributed by atoms with Gasteiger partial charge >= 0.3 is 5.97 Å². The molecule has 0 aliphatic carbocycles. The van der Waals surface area contributed by atoms with Crippen LogP contribution in [0.15, 0.2) is 54.6 Å². The number of nitrogens with one attached hydrogen (secondary N) is 2. The van der Waals surface area contributed by atoms with Crippen LogP contribution >= 0.6 is 0 Å². The number of likely N-dealkylation sites (N-methyl/N-ethyl adjacent to an activating group) is 1. The Balaban J connectivity index is 1.69. The molecule has 0 bridgehead atoms. The van der Waals surface area contributed by atoms with E-state index in [4.69, 9.17) is 5.11 Å². The van der Waals surface area contributed by atoms with Gasteiger partial charge in [0.2, 0.25) is 5.91 Å². The van der Waals surface area contributed by atoms with Crippen LogP contribution in [0, 0.1) is 0 Å². The third kappa shape index (κ3) is 6.31. The fourth-order valence-electron chi connectivity index (χ4n) is 3.56. The molecule has 1 aliphatic heterocycles. The van der Waals surface area contributed by atoms with Gasteiger partial charge in [-0.3, -0.25) is 14.4 Å². The molecule has 2 unspecified atom stereocenters. The van der Waals surface area contributed by atoms with Gasteiger partial charge in [-0.25, -0.2) is 0 Å². The normalized spacial score (nSPS) is 16.1. The van der Waals surface area contributed by atoms with Gasteiger partial charge in [0, 0.05) is 43.9 Å². The van der Waals surface area contributed by atoms with Crippen LogP contribution in [0.3, 0.4) is 0 Å². The first-order chi connectivity index (χ1) is 15.3. The molecule has 8 heteroatoms. The third-order valence-electron chi connectivity index (χ3n) is 5.63. The van der Waals surface area contributed by atoms with E-state index in [0.717, 1.165) is 37.4 Å². The molecule has 3 rings (SSSR count). The summed E-state index contributed by atoms with van der Waals surface area (Å²) in [6.07, 6.45) is 0.254. The molecule has 1 saturated heterocycles. The van der Waals surface area contributed by atoms with E-state index in [1.54, 1.807) is 12.1 Å². The fourth-order valence-corrected chi connectivity index (χ4v) is 3.56. The number of carboxylic acid groups (broad SMARTS) is 1. The zero-order valence-electron chi connectivity index (χ0n) is 18.5. The topological polar surface area (TPSA) is 102 Å². The van der Waals surface area contributed by atoms with Crippen LogP contribution in [-0.4, -0.2) is 73.1 Å². The Morgan fingerprint density at radius 3 is 2.16 bits per heavy atom. The molecule has 32 heavy (non-hydrogen) atoms. The van der Waals surface area contributed by atoms with Gasteiger partial charge in [-0.05, 0) is 43.8 Å². The molecule has 1 fully saturated rings. The molecule has 2 aromatic carbocycles. The van der Waals surface area contributed by atoms with Crippen LogP contribution in [0.5, 0.6) is 0 Å². The average Bonchev–Trinajstić information content (AvgIpc) is 2.79. The Kier molecular flexibility index (Phi) is 7.83. The minimum absolute atomic E-state index is 0.254. The second-order valence-electron chi connectivity index (χ2n) is 8.12. The first-order valence-electron chi connectivity index (χ1n) is 10.7. The number of carboxylic acids is 1. The number of aliphatic carboxylic acids is 1. The first-order valence-corrected chi connectivity index (χ1v) is 10.7. The minimum atomic E-state index is -1.14. The number of hydrogen-bond acceptors (Lipinski definition) is 5. The monoisotopic (exact) mass is 438 g/mol. The Morgan fingerprint density at radius 2 is 1.56 bits per heavy atom. The van der Waals surface area contributed by atoms with E-state index in [1.807, 2.05) is 42.5 Å². The standard InChI is InChI=1S/C24H30N4O4/c1-17(24(31)32)25-23(30)21(16-18-6-4-3-5-7-18)26-22(29)19-8-10-20(11-9-19)28-14-12-27(2)13-15-28/h3-11,17,21H,12-16H2,1-2H3,(H,25,30)(H,26,29)(H,31,32). The minimum Gasteiger partial charge on any atom is -0.480 e. The van der Waals surface area contributed by atoms with E-state index in [1.165, 1.54) is 6.92 Å². The van der Waals surface area contributed by atoms with Crippen molar-refractivity contribution >= 4 is 23.5 Å². The lowest BCUT2D eigenvalue weighted by molar-refractivity contribution is -0.141. The van der Waals surface area contributed by atoms with E-state index in [2.05, 4.69) is 27.5 Å². The van der Waals surface area contributed by atoms with Crippen LogP contribution in [-0.2, 0) is 16.0 Å². The van der Waals surface area contributed by atoms with E-state index in [0.29, 0.717) is 5.56 Å². The molecule has 1 aliphatic rings. The third-order valence-corrected chi connectivity index (χ3v) is 5.63. The number of amides is 2. The van der Waals surface area contributed by atoms with Gasteiger partial charge in [0.25, 0.3) is 5.91 Å². The summed E-state index contributed by atoms with van der Waals surface area (Å²) in [6, 6.07) is 14.7. The van der Waals surface area contributed by atoms with Gasteiger partial charge in [0.1, 0.15) is 12.1 Å². The highest BCUT2D eigenvalue weighted by Gasteiger charge is 2.25. The van der Waals surface area contributed by atoms with E-state index in [-0.39, 0.29) is 12.3 Å². The van der Waals surface area contributed by atoms with Crippen molar-refractivity contribution in [3.05, 3.63) is 65.7 Å². The summed E-state index contributed by atoms with van der Waals surface area (Å²) >= 11 is 0. The Morgan fingerprint density at radius 1 is 0.938 bits per heavy atom. The zero-order valence-corrected chi connectivity index (χ0v) is 18.5. The smallest absolute Gasteiger partial charge is 0.325 e. The molecule has 2 aromatic rings. The van der Waals surface area contributed by atoms with Crippen molar-refractivity contribution < 1.29 is 19.5 Å². The number of benzene rings is 2. The molecular weight excluding hydrogens is 408 g/mol. The lowest BCUT2D eigenvalue weighted by Crippen LogP contribution is -2.51. The van der Waals surface area contributed by atoms with Crippen LogP contribution < -0.4 is 15.5 Å². The Bertz CT molecular complexity index is 925. The maximum atomic E-state index is 12.9. The summed E-state index contributed by atoms with van der Waals surface area (Å²) in [5.41, 5.74) is 2.37. The highest BCUT2D eigenvalue weighted by atomic mass is 16.4. The van der Waals surface area contributed by atoms with E-state index in [9.17, 15) is 14.4 Å². The van der Waals surface area contributed by atoms with Crippen LogP contribution in [0.4, 0.5) is 5.69 Å². The van der Waals surface area contributed by atoms with Gasteiger partial charge in [0.05, 0.1) is 0 Å². The maximum Gasteiger partial charge on any atom is 0.325 e. The fraction of sp³-hybridized carbons (Fsp3) is 0.375. The second-order valence-corrected chi connectivity index (χ2v) is 8.12. The number of carbonyl (C=O) groups is 3. The highest BCUT2D eigenvalue weighted by molar-refractivity contribution is 5.98. The zero-order chi connectivity index (χ0) is 23.1. The molecule has 1 heterocycles.